The predicted molar refractivity (Wildman–Crippen MR) is 215 cm³/mol. The van der Waals surface area contributed by atoms with E-state index in [0.29, 0.717) is 76.4 Å². The van der Waals surface area contributed by atoms with Gasteiger partial charge in [-0.25, -0.2) is 4.68 Å². The van der Waals surface area contributed by atoms with E-state index < -0.39 is 0 Å². The summed E-state index contributed by atoms with van der Waals surface area (Å²) in [5.41, 5.74) is 6.31. The topological polar surface area (TPSA) is 108 Å². The number of nitrogens with one attached hydrogen (secondary N) is 1. The molecular weight excluding hydrogens is 679 g/mol. The molecule has 0 bridgehead atoms. The van der Waals surface area contributed by atoms with E-state index in [4.69, 9.17) is 14.2 Å². The summed E-state index contributed by atoms with van der Waals surface area (Å²) < 4.78 is 19.5. The summed E-state index contributed by atoms with van der Waals surface area (Å²) in [7, 11) is 1.93. The van der Waals surface area contributed by atoms with E-state index in [1.807, 2.05) is 77.3 Å². The van der Waals surface area contributed by atoms with Crippen molar-refractivity contribution in [2.24, 2.45) is 5.41 Å². The van der Waals surface area contributed by atoms with Gasteiger partial charge in [0.05, 0.1) is 50.9 Å². The molecule has 2 heterocycles. The van der Waals surface area contributed by atoms with Crippen molar-refractivity contribution in [1.82, 2.24) is 20.3 Å². The SMILES string of the molecule is CCC(C)(C)CCCOc1ccc(C(=O)CCCOCCOCCn2nnc3c2-c2ccccc2N(C(=O)CCC(C)(C)NC)Cc2ccccc2-3)cc1. The number of ether oxygens (including phenoxy) is 3. The third-order valence-corrected chi connectivity index (χ3v) is 10.6. The largest absolute Gasteiger partial charge is 0.494 e. The van der Waals surface area contributed by atoms with Gasteiger partial charge in [0.2, 0.25) is 5.91 Å². The molecular formula is C44H59N5O5. The summed E-state index contributed by atoms with van der Waals surface area (Å²) in [6, 6.07) is 23.6. The molecule has 0 spiro atoms. The highest BCUT2D eigenvalue weighted by atomic mass is 16.5. The molecule has 4 aromatic rings. The van der Waals surface area contributed by atoms with Crippen LogP contribution in [0.4, 0.5) is 5.69 Å². The van der Waals surface area contributed by atoms with E-state index in [9.17, 15) is 9.59 Å². The molecule has 10 nitrogen and oxygen atoms in total. The van der Waals surface area contributed by atoms with Gasteiger partial charge in [-0.3, -0.25) is 9.59 Å². The molecule has 0 aliphatic carbocycles. The fourth-order valence-electron chi connectivity index (χ4n) is 6.48. The normalized spacial score (nSPS) is 12.7. The standard InChI is InChI=1S/C44H59N5O5/c1-7-43(2,3)24-13-28-54-35-21-19-33(20-22-35)39(50)18-12-27-52-30-31-53-29-26-49-42-37-16-10-11-17-38(37)48(40(51)23-25-44(4,5)45-6)32-34-14-8-9-15-36(34)41(42)46-47-49/h8-11,14-17,19-22,45H,7,12-13,18,23-32H2,1-6H3. The number of nitrogens with zero attached hydrogens (tertiary/aromatic N) is 4. The van der Waals surface area contributed by atoms with Gasteiger partial charge < -0.3 is 24.4 Å². The second kappa shape index (κ2) is 19.3. The number of fused-ring (bicyclic) bond motifs is 5. The lowest BCUT2D eigenvalue weighted by molar-refractivity contribution is -0.119. The van der Waals surface area contributed by atoms with Crippen molar-refractivity contribution in [3.8, 4) is 28.3 Å². The van der Waals surface area contributed by atoms with Gasteiger partial charge in [0, 0.05) is 41.7 Å². The van der Waals surface area contributed by atoms with Crippen LogP contribution in [0, 0.1) is 5.41 Å². The molecule has 290 valence electrons. The summed E-state index contributed by atoms with van der Waals surface area (Å²) >= 11 is 0. The minimum absolute atomic E-state index is 0.0766. The lowest BCUT2D eigenvalue weighted by Crippen LogP contribution is -2.39. The molecule has 3 aromatic carbocycles. The second-order valence-electron chi connectivity index (χ2n) is 15.5. The third kappa shape index (κ3) is 11.1. The lowest BCUT2D eigenvalue weighted by Gasteiger charge is -2.30. The number of para-hydroxylation sites is 1. The predicted octanol–water partition coefficient (Wildman–Crippen LogP) is 8.53. The van der Waals surface area contributed by atoms with Crippen LogP contribution < -0.4 is 15.0 Å². The molecule has 0 fully saturated rings. The molecule has 1 N–H and O–H groups in total. The molecule has 5 rings (SSSR count). The first-order valence-electron chi connectivity index (χ1n) is 19.5. The molecule has 0 unspecified atom stereocenters. The van der Waals surface area contributed by atoms with Gasteiger partial charge in [0.15, 0.2) is 5.78 Å². The van der Waals surface area contributed by atoms with Crippen LogP contribution in [0.5, 0.6) is 5.75 Å². The zero-order chi connectivity index (χ0) is 38.6. The number of carbonyl (C=O) groups is 2. The number of aromatic nitrogens is 3. The van der Waals surface area contributed by atoms with Gasteiger partial charge in [-0.2, -0.15) is 0 Å². The van der Waals surface area contributed by atoms with Gasteiger partial charge in [-0.15, -0.1) is 5.10 Å². The molecule has 0 radical (unpaired) electrons. The Morgan fingerprint density at radius 1 is 0.796 bits per heavy atom. The molecule has 10 heteroatoms. The molecule has 1 amide bonds. The Hall–Kier alpha value is -4.38. The maximum atomic E-state index is 13.9. The van der Waals surface area contributed by atoms with Crippen molar-refractivity contribution in [3.63, 3.8) is 0 Å². The van der Waals surface area contributed by atoms with Crippen LogP contribution in [0.25, 0.3) is 22.5 Å². The number of hydrogen-bond donors (Lipinski definition) is 1. The van der Waals surface area contributed by atoms with Crippen molar-refractivity contribution >= 4 is 17.4 Å². The van der Waals surface area contributed by atoms with Crippen LogP contribution >= 0.6 is 0 Å². The maximum Gasteiger partial charge on any atom is 0.227 e. The highest BCUT2D eigenvalue weighted by molar-refractivity contribution is 6.00. The number of Topliss-reactive ketones (excluding diaryl/α,β-unsaturated/α-hetero) is 1. The minimum atomic E-state index is -0.148. The Morgan fingerprint density at radius 3 is 2.24 bits per heavy atom. The van der Waals surface area contributed by atoms with Crippen molar-refractivity contribution in [2.75, 3.05) is 45.0 Å². The summed E-state index contributed by atoms with van der Waals surface area (Å²) in [4.78, 5) is 28.5. The van der Waals surface area contributed by atoms with E-state index in [1.54, 1.807) is 0 Å². The zero-order valence-corrected chi connectivity index (χ0v) is 33.2. The quantitative estimate of drug-likeness (QED) is 0.0670. The van der Waals surface area contributed by atoms with E-state index in [-0.39, 0.29) is 17.2 Å². The van der Waals surface area contributed by atoms with Crippen molar-refractivity contribution in [1.29, 1.82) is 0 Å². The third-order valence-electron chi connectivity index (χ3n) is 10.6. The first-order valence-corrected chi connectivity index (χ1v) is 19.5. The number of rotatable bonds is 21. The lowest BCUT2D eigenvalue weighted by atomic mass is 9.85. The Morgan fingerprint density at radius 2 is 1.50 bits per heavy atom. The first-order chi connectivity index (χ1) is 26.0. The molecule has 54 heavy (non-hydrogen) atoms. The van der Waals surface area contributed by atoms with E-state index in [2.05, 4.69) is 62.4 Å². The molecule has 1 aliphatic heterocycles. The number of carbonyl (C=O) groups excluding carboxylic acids is 2. The molecule has 1 aliphatic rings. The van der Waals surface area contributed by atoms with Crippen LogP contribution in [0.3, 0.4) is 0 Å². The van der Waals surface area contributed by atoms with Crippen LogP contribution in [-0.4, -0.2) is 72.3 Å². The Kier molecular flexibility index (Phi) is 14.6. The van der Waals surface area contributed by atoms with Crippen molar-refractivity contribution in [2.45, 2.75) is 98.2 Å². The highest BCUT2D eigenvalue weighted by Crippen LogP contribution is 2.41. The van der Waals surface area contributed by atoms with E-state index in [0.717, 1.165) is 65.2 Å². The first kappa shape index (κ1) is 40.8. The average Bonchev–Trinajstić information content (AvgIpc) is 3.59. The number of benzene rings is 3. The van der Waals surface area contributed by atoms with E-state index >= 15 is 0 Å². The Labute approximate surface area is 321 Å². The van der Waals surface area contributed by atoms with Crippen molar-refractivity contribution < 1.29 is 23.8 Å². The number of amides is 1. The molecule has 0 saturated carbocycles. The molecule has 0 atom stereocenters. The number of ketones is 1. The summed E-state index contributed by atoms with van der Waals surface area (Å²) in [5.74, 6) is 0.976. The average molecular weight is 738 g/mol. The fourth-order valence-corrected chi connectivity index (χ4v) is 6.48. The summed E-state index contributed by atoms with van der Waals surface area (Å²) in [6.45, 7) is 14.4. The van der Waals surface area contributed by atoms with Gasteiger partial charge in [0.1, 0.15) is 11.4 Å². The zero-order valence-electron chi connectivity index (χ0n) is 33.2. The number of anilines is 1. The smallest absolute Gasteiger partial charge is 0.227 e. The van der Waals surface area contributed by atoms with E-state index in [1.165, 1.54) is 0 Å². The van der Waals surface area contributed by atoms with Crippen LogP contribution in [0.1, 0.15) is 95.5 Å². The summed E-state index contributed by atoms with van der Waals surface area (Å²) in [5, 5.41) is 12.5. The second-order valence-corrected chi connectivity index (χ2v) is 15.5. The Bertz CT molecular complexity index is 1820. The number of hydrogen-bond acceptors (Lipinski definition) is 8. The van der Waals surface area contributed by atoms with Gasteiger partial charge in [-0.05, 0) is 87.9 Å². The molecule has 1 aromatic heterocycles. The minimum Gasteiger partial charge on any atom is -0.494 e. The maximum absolute atomic E-state index is 13.9. The summed E-state index contributed by atoms with van der Waals surface area (Å²) in [6.07, 6.45) is 5.50. The van der Waals surface area contributed by atoms with Gasteiger partial charge >= 0.3 is 0 Å². The Balaban J connectivity index is 1.09. The highest BCUT2D eigenvalue weighted by Gasteiger charge is 2.30. The molecule has 0 saturated heterocycles. The monoisotopic (exact) mass is 737 g/mol. The van der Waals surface area contributed by atoms with Crippen LogP contribution in [0.15, 0.2) is 72.8 Å². The van der Waals surface area contributed by atoms with Crippen LogP contribution in [-0.2, 0) is 27.4 Å². The fraction of sp³-hybridized carbons (Fsp3) is 0.500. The van der Waals surface area contributed by atoms with Crippen molar-refractivity contribution in [3.05, 3.63) is 83.9 Å². The van der Waals surface area contributed by atoms with Gasteiger partial charge in [0.25, 0.3) is 0 Å². The van der Waals surface area contributed by atoms with Gasteiger partial charge in [-0.1, -0.05) is 74.9 Å². The van der Waals surface area contributed by atoms with Crippen LogP contribution in [0.2, 0.25) is 0 Å².